The van der Waals surface area contributed by atoms with E-state index in [1.165, 1.54) is 44.9 Å². The highest BCUT2D eigenvalue weighted by molar-refractivity contribution is 14.0. The molecule has 0 spiro atoms. The predicted molar refractivity (Wildman–Crippen MR) is 116 cm³/mol. The zero-order valence-electron chi connectivity index (χ0n) is 15.9. The number of hydrogen-bond acceptors (Lipinski definition) is 3. The fourth-order valence-corrected chi connectivity index (χ4v) is 4.38. The molecule has 0 bridgehead atoms. The Kier molecular flexibility index (Phi) is 6.88. The summed E-state index contributed by atoms with van der Waals surface area (Å²) in [5.74, 6) is 2.96. The molecule has 1 aromatic rings. The van der Waals surface area contributed by atoms with Gasteiger partial charge in [0, 0.05) is 20.1 Å². The molecule has 2 saturated carbocycles. The molecule has 0 amide bonds. The molecule has 0 aromatic carbocycles. The maximum absolute atomic E-state index is 5.74. The summed E-state index contributed by atoms with van der Waals surface area (Å²) in [4.78, 5) is 6.99. The van der Waals surface area contributed by atoms with Crippen LogP contribution >= 0.6 is 24.0 Å². The second-order valence-electron chi connectivity index (χ2n) is 8.07. The van der Waals surface area contributed by atoms with Crippen molar-refractivity contribution in [1.29, 1.82) is 0 Å². The number of likely N-dealkylation sites (tertiary alicyclic amines) is 1. The van der Waals surface area contributed by atoms with Gasteiger partial charge in [0.15, 0.2) is 5.96 Å². The van der Waals surface area contributed by atoms with Crippen LogP contribution in [-0.4, -0.2) is 44.1 Å². The molecular weight excluding hydrogens is 439 g/mol. The number of guanidine groups is 1. The summed E-state index contributed by atoms with van der Waals surface area (Å²) in [6.45, 7) is 4.23. The molecule has 2 N–H and O–H groups in total. The SMILES string of the molecule is CN=C(NCC(c1ccco1)N1CCCCC1)NCC1(C2CC2)CC1.I. The van der Waals surface area contributed by atoms with E-state index in [0.29, 0.717) is 5.41 Å². The third kappa shape index (κ3) is 4.74. The van der Waals surface area contributed by atoms with Gasteiger partial charge in [-0.05, 0) is 75.1 Å². The third-order valence-corrected chi connectivity index (χ3v) is 6.33. The van der Waals surface area contributed by atoms with Gasteiger partial charge in [-0.2, -0.15) is 0 Å². The molecule has 1 aromatic heterocycles. The number of nitrogens with zero attached hydrogens (tertiary/aromatic N) is 2. The Hall–Kier alpha value is -0.760. The van der Waals surface area contributed by atoms with Gasteiger partial charge < -0.3 is 15.1 Å². The van der Waals surface area contributed by atoms with E-state index in [4.69, 9.17) is 4.42 Å². The lowest BCUT2D eigenvalue weighted by molar-refractivity contribution is 0.146. The zero-order valence-corrected chi connectivity index (χ0v) is 18.2. The van der Waals surface area contributed by atoms with Crippen LogP contribution in [0.5, 0.6) is 0 Å². The molecule has 6 heteroatoms. The van der Waals surface area contributed by atoms with E-state index in [1.54, 1.807) is 6.26 Å². The standard InChI is InChI=1S/C20H32N4O.HI/c1-21-19(23-15-20(9-10-20)16-7-8-16)22-14-17(18-6-5-13-25-18)24-11-3-2-4-12-24;/h5-6,13,16-17H,2-4,7-12,14-15H2,1H3,(H2,21,22,23);1H. The van der Waals surface area contributed by atoms with Crippen LogP contribution in [0.2, 0.25) is 0 Å². The molecule has 3 aliphatic rings. The first kappa shape index (κ1) is 20.0. The summed E-state index contributed by atoms with van der Waals surface area (Å²) < 4.78 is 5.74. The summed E-state index contributed by atoms with van der Waals surface area (Å²) in [5.41, 5.74) is 0.588. The molecule has 4 rings (SSSR count). The van der Waals surface area contributed by atoms with Crippen molar-refractivity contribution in [1.82, 2.24) is 15.5 Å². The first-order valence-electron chi connectivity index (χ1n) is 10.0. The first-order chi connectivity index (χ1) is 12.3. The molecule has 146 valence electrons. The highest BCUT2D eigenvalue weighted by Gasteiger charge is 2.53. The highest BCUT2D eigenvalue weighted by Crippen LogP contribution is 2.60. The van der Waals surface area contributed by atoms with Crippen LogP contribution in [0, 0.1) is 11.3 Å². The number of nitrogens with one attached hydrogen (secondary N) is 2. The van der Waals surface area contributed by atoms with Crippen LogP contribution in [-0.2, 0) is 0 Å². The third-order valence-electron chi connectivity index (χ3n) is 6.33. The fourth-order valence-electron chi connectivity index (χ4n) is 4.38. The van der Waals surface area contributed by atoms with Crippen molar-refractivity contribution in [2.45, 2.75) is 51.0 Å². The minimum Gasteiger partial charge on any atom is -0.468 e. The molecule has 1 aliphatic heterocycles. The lowest BCUT2D eigenvalue weighted by Crippen LogP contribution is -2.45. The van der Waals surface area contributed by atoms with Crippen LogP contribution in [0.4, 0.5) is 0 Å². The summed E-state index contributed by atoms with van der Waals surface area (Å²) in [7, 11) is 1.87. The van der Waals surface area contributed by atoms with Crippen molar-refractivity contribution in [3.8, 4) is 0 Å². The van der Waals surface area contributed by atoms with Crippen LogP contribution in [0.15, 0.2) is 27.8 Å². The summed E-state index contributed by atoms with van der Waals surface area (Å²) in [6, 6.07) is 4.38. The molecule has 1 unspecified atom stereocenters. The van der Waals surface area contributed by atoms with Crippen LogP contribution in [0.1, 0.15) is 56.7 Å². The van der Waals surface area contributed by atoms with Gasteiger partial charge in [0.05, 0.1) is 12.3 Å². The number of halogens is 1. The Bertz CT molecular complexity index is 575. The predicted octanol–water partition coefficient (Wildman–Crippen LogP) is 3.78. The van der Waals surface area contributed by atoms with Crippen LogP contribution < -0.4 is 10.6 Å². The molecule has 2 heterocycles. The Morgan fingerprint density at radius 1 is 1.27 bits per heavy atom. The number of piperidine rings is 1. The van der Waals surface area contributed by atoms with E-state index >= 15 is 0 Å². The fraction of sp³-hybridized carbons (Fsp3) is 0.750. The number of furan rings is 1. The van der Waals surface area contributed by atoms with E-state index < -0.39 is 0 Å². The molecule has 2 aliphatic carbocycles. The van der Waals surface area contributed by atoms with Crippen molar-refractivity contribution in [3.63, 3.8) is 0 Å². The van der Waals surface area contributed by atoms with Gasteiger partial charge in [-0.15, -0.1) is 24.0 Å². The quantitative estimate of drug-likeness (QED) is 0.361. The molecule has 3 fully saturated rings. The summed E-state index contributed by atoms with van der Waals surface area (Å²) in [5, 5.41) is 7.14. The Labute approximate surface area is 174 Å². The maximum Gasteiger partial charge on any atom is 0.191 e. The molecule has 5 nitrogen and oxygen atoms in total. The summed E-state index contributed by atoms with van der Waals surface area (Å²) >= 11 is 0. The minimum atomic E-state index is 0. The highest BCUT2D eigenvalue weighted by atomic mass is 127. The van der Waals surface area contributed by atoms with Crippen LogP contribution in [0.3, 0.4) is 0 Å². The van der Waals surface area contributed by atoms with Crippen LogP contribution in [0.25, 0.3) is 0 Å². The Morgan fingerprint density at radius 3 is 2.62 bits per heavy atom. The van der Waals surface area contributed by atoms with E-state index in [2.05, 4.69) is 26.6 Å². The van der Waals surface area contributed by atoms with E-state index in [9.17, 15) is 0 Å². The van der Waals surface area contributed by atoms with E-state index in [-0.39, 0.29) is 30.0 Å². The van der Waals surface area contributed by atoms with Crippen molar-refractivity contribution in [3.05, 3.63) is 24.2 Å². The van der Waals surface area contributed by atoms with Gasteiger partial charge in [-0.25, -0.2) is 0 Å². The Morgan fingerprint density at radius 2 is 2.04 bits per heavy atom. The van der Waals surface area contributed by atoms with Gasteiger partial charge >= 0.3 is 0 Å². The average Bonchev–Trinajstić information content (AvgIpc) is 3.57. The summed E-state index contributed by atoms with van der Waals surface area (Å²) in [6.07, 6.45) is 11.4. The molecule has 26 heavy (non-hydrogen) atoms. The number of rotatable bonds is 7. The van der Waals surface area contributed by atoms with Gasteiger partial charge in [0.2, 0.25) is 0 Å². The maximum atomic E-state index is 5.74. The first-order valence-corrected chi connectivity index (χ1v) is 10.0. The smallest absolute Gasteiger partial charge is 0.191 e. The van der Waals surface area contributed by atoms with Crippen molar-refractivity contribution >= 4 is 29.9 Å². The number of hydrogen-bond donors (Lipinski definition) is 2. The van der Waals surface area contributed by atoms with Gasteiger partial charge in [0.25, 0.3) is 0 Å². The average molecular weight is 472 g/mol. The van der Waals surface area contributed by atoms with Gasteiger partial charge in [0.1, 0.15) is 5.76 Å². The van der Waals surface area contributed by atoms with E-state index in [1.807, 2.05) is 13.1 Å². The minimum absolute atomic E-state index is 0. The largest absolute Gasteiger partial charge is 0.468 e. The van der Waals surface area contributed by atoms with Crippen molar-refractivity contribution in [2.24, 2.45) is 16.3 Å². The van der Waals surface area contributed by atoms with E-state index in [0.717, 1.165) is 43.8 Å². The second kappa shape index (κ2) is 8.95. The van der Waals surface area contributed by atoms with Gasteiger partial charge in [-0.1, -0.05) is 6.42 Å². The lowest BCUT2D eigenvalue weighted by Gasteiger charge is -2.33. The Balaban J connectivity index is 0.00000196. The van der Waals surface area contributed by atoms with Gasteiger partial charge in [-0.3, -0.25) is 9.89 Å². The monoisotopic (exact) mass is 472 g/mol. The normalized spacial score (nSPS) is 23.8. The second-order valence-corrected chi connectivity index (χ2v) is 8.07. The molecule has 0 radical (unpaired) electrons. The van der Waals surface area contributed by atoms with Crippen molar-refractivity contribution in [2.75, 3.05) is 33.2 Å². The number of aliphatic imine (C=N–C) groups is 1. The topological polar surface area (TPSA) is 52.8 Å². The molecule has 1 saturated heterocycles. The molecule has 1 atom stereocenters. The van der Waals surface area contributed by atoms with Crippen molar-refractivity contribution < 1.29 is 4.42 Å². The lowest BCUT2D eigenvalue weighted by atomic mass is 10.0. The zero-order chi connectivity index (χ0) is 17.1. The molecular formula is C20H33IN4O.